The standard InChI is InChI=1S/C52H66N8O7S/c1-34(2)42-8-6-7-9-43(42)47-33-58(35(3)4)24-25-59(47)39-29-52(30-39)19-22-57(23-20-52)38-10-12-44(48(27-38)67-40-26-37-16-21-53-49(37)55-32-40)50(61)56-68(65,66)41-11-13-45(46(28-41)60(63)64)54-31-36-14-17-51(5,62)18-15-36/h6-13,16,21,26-28,32,34-36,39,47,54,62H,14-15,17-20,22-25,29-31,33H2,1-5H3,(H,53,55)(H,56,61)/t36?,47-,51?/m0/s1. The maximum Gasteiger partial charge on any atom is 0.293 e. The molecule has 1 amide bonds. The van der Waals surface area contributed by atoms with Crippen molar-refractivity contribution in [3.05, 3.63) is 112 Å². The largest absolute Gasteiger partial charge is 0.455 e. The Bertz CT molecular complexity index is 2750. The van der Waals surface area contributed by atoms with Crippen molar-refractivity contribution < 1.29 is 28.0 Å². The van der Waals surface area contributed by atoms with Crippen LogP contribution in [0, 0.1) is 21.4 Å². The van der Waals surface area contributed by atoms with Gasteiger partial charge in [0.1, 0.15) is 22.8 Å². The molecule has 1 atom stereocenters. The van der Waals surface area contributed by atoms with Gasteiger partial charge < -0.3 is 25.0 Å². The number of H-pyrrole nitrogens is 1. The number of hydrogen-bond acceptors (Lipinski definition) is 12. The lowest BCUT2D eigenvalue weighted by atomic mass is 9.59. The number of nitro groups is 1. The van der Waals surface area contributed by atoms with E-state index in [9.17, 15) is 28.4 Å². The van der Waals surface area contributed by atoms with Gasteiger partial charge in [-0.2, -0.15) is 0 Å². The highest BCUT2D eigenvalue weighted by Gasteiger charge is 2.50. The molecule has 362 valence electrons. The van der Waals surface area contributed by atoms with Crippen molar-refractivity contribution >= 4 is 44.0 Å². The molecule has 2 saturated carbocycles. The van der Waals surface area contributed by atoms with E-state index in [2.05, 4.69) is 86.7 Å². The number of amides is 1. The first-order valence-corrected chi connectivity index (χ1v) is 25.9. The number of carbonyl (C=O) groups excluding carboxylic acids is 1. The summed E-state index contributed by atoms with van der Waals surface area (Å²) < 4.78 is 36.1. The third-order valence-corrected chi connectivity index (χ3v) is 16.8. The van der Waals surface area contributed by atoms with Gasteiger partial charge in [0.15, 0.2) is 0 Å². The molecule has 0 bridgehead atoms. The Kier molecular flexibility index (Phi) is 13.3. The molecule has 4 aliphatic rings. The van der Waals surface area contributed by atoms with Crippen LogP contribution < -0.4 is 19.7 Å². The van der Waals surface area contributed by atoms with Crippen LogP contribution in [-0.4, -0.2) is 101 Å². The Morgan fingerprint density at radius 2 is 1.72 bits per heavy atom. The van der Waals surface area contributed by atoms with Crippen LogP contribution >= 0.6 is 0 Å². The topological polar surface area (TPSA) is 186 Å². The number of hydrogen-bond donors (Lipinski definition) is 4. The zero-order valence-electron chi connectivity index (χ0n) is 39.9. The van der Waals surface area contributed by atoms with Crippen LogP contribution in [0.25, 0.3) is 11.0 Å². The van der Waals surface area contributed by atoms with Crippen LogP contribution in [0.2, 0.25) is 0 Å². The molecule has 0 radical (unpaired) electrons. The van der Waals surface area contributed by atoms with Gasteiger partial charge in [-0.05, 0) is 137 Å². The number of nitro benzene ring substituents is 1. The number of aliphatic hydroxyl groups is 1. The fraction of sp³-hybridized carbons (Fsp3) is 0.500. The summed E-state index contributed by atoms with van der Waals surface area (Å²) in [6.07, 6.45) is 10.5. The summed E-state index contributed by atoms with van der Waals surface area (Å²) >= 11 is 0. The lowest BCUT2D eigenvalue weighted by Gasteiger charge is -2.58. The molecule has 2 saturated heterocycles. The molecule has 15 nitrogen and oxygen atoms in total. The van der Waals surface area contributed by atoms with Gasteiger partial charge in [-0.3, -0.25) is 24.7 Å². The van der Waals surface area contributed by atoms with Crippen molar-refractivity contribution in [3.8, 4) is 11.5 Å². The van der Waals surface area contributed by atoms with Crippen molar-refractivity contribution in [3.63, 3.8) is 0 Å². The minimum Gasteiger partial charge on any atom is -0.455 e. The van der Waals surface area contributed by atoms with Gasteiger partial charge in [-0.25, -0.2) is 18.1 Å². The van der Waals surface area contributed by atoms with E-state index in [1.54, 1.807) is 30.6 Å². The van der Waals surface area contributed by atoms with E-state index in [-0.39, 0.29) is 28.3 Å². The molecule has 1 spiro atoms. The van der Waals surface area contributed by atoms with Crippen LogP contribution in [0.3, 0.4) is 0 Å². The summed E-state index contributed by atoms with van der Waals surface area (Å²) in [4.78, 5) is 40.5. The Morgan fingerprint density at radius 3 is 2.44 bits per heavy atom. The van der Waals surface area contributed by atoms with Crippen LogP contribution in [0.15, 0.2) is 90.1 Å². The first kappa shape index (κ1) is 47.5. The highest BCUT2D eigenvalue weighted by atomic mass is 32.2. The van der Waals surface area contributed by atoms with Gasteiger partial charge >= 0.3 is 0 Å². The number of nitrogens with zero attached hydrogens (tertiary/aromatic N) is 5. The zero-order chi connectivity index (χ0) is 48.0. The van der Waals surface area contributed by atoms with Crippen LogP contribution in [-0.2, 0) is 10.0 Å². The number of pyridine rings is 1. The smallest absolute Gasteiger partial charge is 0.293 e. The molecule has 3 aromatic carbocycles. The monoisotopic (exact) mass is 946 g/mol. The summed E-state index contributed by atoms with van der Waals surface area (Å²) in [6.45, 7) is 16.3. The normalized spacial score (nSPS) is 22.7. The molecule has 5 aromatic rings. The lowest BCUT2D eigenvalue weighted by Crippen LogP contribution is -2.60. The Morgan fingerprint density at radius 1 is 0.971 bits per heavy atom. The third-order valence-electron chi connectivity index (χ3n) is 15.4. The number of anilines is 2. The predicted molar refractivity (Wildman–Crippen MR) is 265 cm³/mol. The van der Waals surface area contributed by atoms with E-state index in [0.717, 1.165) is 75.5 Å². The van der Waals surface area contributed by atoms with Gasteiger partial charge in [0.25, 0.3) is 21.6 Å². The average Bonchev–Trinajstić information content (AvgIpc) is 3.78. The molecular weight excluding hydrogens is 881 g/mol. The summed E-state index contributed by atoms with van der Waals surface area (Å²) in [7, 11) is -4.57. The second-order valence-electron chi connectivity index (χ2n) is 20.7. The number of carbonyl (C=O) groups is 1. The van der Waals surface area contributed by atoms with Crippen molar-refractivity contribution in [1.29, 1.82) is 0 Å². The quantitative estimate of drug-likeness (QED) is 0.0612. The lowest BCUT2D eigenvalue weighted by molar-refractivity contribution is -0.384. The average molecular weight is 947 g/mol. The molecule has 2 aliphatic carbocycles. The summed E-state index contributed by atoms with van der Waals surface area (Å²) in [5.41, 5.74) is 3.72. The molecular formula is C52H66N8O7S. The van der Waals surface area contributed by atoms with E-state index in [4.69, 9.17) is 4.74 Å². The summed E-state index contributed by atoms with van der Waals surface area (Å²) in [5, 5.41) is 26.4. The Labute approximate surface area is 399 Å². The fourth-order valence-electron chi connectivity index (χ4n) is 11.2. The molecule has 2 aliphatic heterocycles. The van der Waals surface area contributed by atoms with Gasteiger partial charge in [-0.15, -0.1) is 0 Å². The number of fused-ring (bicyclic) bond motifs is 1. The van der Waals surface area contributed by atoms with Crippen molar-refractivity contribution in [2.75, 3.05) is 49.5 Å². The molecule has 9 rings (SSSR count). The van der Waals surface area contributed by atoms with E-state index in [0.29, 0.717) is 54.8 Å². The number of aromatic amines is 1. The number of sulfonamides is 1. The van der Waals surface area contributed by atoms with E-state index in [1.165, 1.54) is 36.1 Å². The first-order valence-electron chi connectivity index (χ1n) is 24.4. The Hall–Kier alpha value is -5.55. The van der Waals surface area contributed by atoms with E-state index in [1.807, 2.05) is 19.1 Å². The summed E-state index contributed by atoms with van der Waals surface area (Å²) in [5.74, 6) is 0.236. The molecule has 68 heavy (non-hydrogen) atoms. The van der Waals surface area contributed by atoms with Gasteiger partial charge in [0.05, 0.1) is 27.2 Å². The molecule has 4 heterocycles. The highest BCUT2D eigenvalue weighted by Crippen LogP contribution is 2.53. The molecule has 2 aromatic heterocycles. The Balaban J connectivity index is 0.900. The van der Waals surface area contributed by atoms with E-state index < -0.39 is 37.0 Å². The number of ether oxygens (including phenoxy) is 1. The molecule has 0 unspecified atom stereocenters. The zero-order valence-corrected chi connectivity index (χ0v) is 40.7. The number of benzene rings is 3. The number of rotatable bonds is 14. The van der Waals surface area contributed by atoms with Crippen LogP contribution in [0.5, 0.6) is 11.5 Å². The van der Waals surface area contributed by atoms with Gasteiger partial charge in [-0.1, -0.05) is 38.1 Å². The fourth-order valence-corrected chi connectivity index (χ4v) is 12.2. The van der Waals surface area contributed by atoms with Crippen molar-refractivity contribution in [1.82, 2.24) is 24.5 Å². The minimum absolute atomic E-state index is 0.0211. The number of piperazine rings is 1. The van der Waals surface area contributed by atoms with Crippen molar-refractivity contribution in [2.24, 2.45) is 11.3 Å². The maximum atomic E-state index is 14.0. The van der Waals surface area contributed by atoms with Crippen molar-refractivity contribution in [2.45, 2.75) is 121 Å². The molecule has 4 N–H and O–H groups in total. The molecule has 16 heteroatoms. The second kappa shape index (κ2) is 19.1. The van der Waals surface area contributed by atoms with Crippen LogP contribution in [0.1, 0.15) is 119 Å². The predicted octanol–water partition coefficient (Wildman–Crippen LogP) is 9.37. The number of nitrogens with one attached hydrogen (secondary N) is 3. The third kappa shape index (κ3) is 10.1. The van der Waals surface area contributed by atoms with Crippen LogP contribution in [0.4, 0.5) is 17.1 Å². The minimum atomic E-state index is -4.57. The van der Waals surface area contributed by atoms with E-state index >= 15 is 0 Å². The summed E-state index contributed by atoms with van der Waals surface area (Å²) in [6, 6.07) is 22.8. The highest BCUT2D eigenvalue weighted by molar-refractivity contribution is 7.90. The molecule has 4 fully saturated rings. The SMILES string of the molecule is CC(C)c1ccccc1[C@@H]1CN(C(C)C)CCN1C1CC2(CCN(c3ccc(C(=O)NS(=O)(=O)c4ccc(NCC5CCC(C)(O)CC5)c([N+](=O)[O-])c4)c(Oc4cnc5[nH]ccc5c4)c3)CC2)C1. The number of piperidine rings is 1. The first-order chi connectivity index (χ1) is 32.5. The van der Waals surface area contributed by atoms with Gasteiger partial charge in [0.2, 0.25) is 0 Å². The second-order valence-corrected chi connectivity index (χ2v) is 22.4. The number of aromatic nitrogens is 2. The van der Waals surface area contributed by atoms with Gasteiger partial charge in [0, 0.05) is 86.8 Å². The maximum absolute atomic E-state index is 14.0.